The molecule has 3 aromatic rings. The molecule has 0 saturated carbocycles. The van der Waals surface area contributed by atoms with Gasteiger partial charge < -0.3 is 5.32 Å². The van der Waals surface area contributed by atoms with Gasteiger partial charge in [-0.1, -0.05) is 30.3 Å². The maximum absolute atomic E-state index is 13.0. The van der Waals surface area contributed by atoms with Gasteiger partial charge in [0.2, 0.25) is 5.28 Å². The summed E-state index contributed by atoms with van der Waals surface area (Å²) in [5, 5.41) is 2.25. The number of anilines is 2. The zero-order valence-electron chi connectivity index (χ0n) is 12.0. The number of hydrogen-bond donors (Lipinski definition) is 1. The zero-order chi connectivity index (χ0) is 17.2. The van der Waals surface area contributed by atoms with Crippen molar-refractivity contribution < 1.29 is 13.2 Å². The molecule has 3 rings (SSSR count). The van der Waals surface area contributed by atoms with E-state index in [1.54, 1.807) is 18.3 Å². The van der Waals surface area contributed by atoms with Crippen LogP contribution < -0.4 is 5.32 Å². The highest BCUT2D eigenvalue weighted by atomic mass is 35.5. The van der Waals surface area contributed by atoms with Crippen LogP contribution in [0.2, 0.25) is 5.28 Å². The highest BCUT2D eigenvalue weighted by Gasteiger charge is 2.35. The third kappa shape index (κ3) is 3.62. The highest BCUT2D eigenvalue weighted by Crippen LogP contribution is 2.34. The van der Waals surface area contributed by atoms with Crippen LogP contribution in [0.4, 0.5) is 24.8 Å². The topological polar surface area (TPSA) is 50.7 Å². The Morgan fingerprint density at radius 3 is 2.25 bits per heavy atom. The van der Waals surface area contributed by atoms with E-state index in [-0.39, 0.29) is 11.1 Å². The fourth-order valence-corrected chi connectivity index (χ4v) is 2.19. The molecule has 0 atom stereocenters. The van der Waals surface area contributed by atoms with Gasteiger partial charge in [-0.25, -0.2) is 9.97 Å². The summed E-state index contributed by atoms with van der Waals surface area (Å²) in [6.45, 7) is 0. The molecule has 4 nitrogen and oxygen atoms in total. The Kier molecular flexibility index (Phi) is 4.35. The summed E-state index contributed by atoms with van der Waals surface area (Å²) in [6.07, 6.45) is -2.40. The minimum atomic E-state index is -4.60. The van der Waals surface area contributed by atoms with Crippen molar-refractivity contribution in [2.24, 2.45) is 0 Å². The van der Waals surface area contributed by atoms with E-state index >= 15 is 0 Å². The monoisotopic (exact) mass is 350 g/mol. The molecule has 24 heavy (non-hydrogen) atoms. The number of nitrogens with one attached hydrogen (secondary N) is 1. The Bertz CT molecular complexity index is 836. The molecule has 0 fully saturated rings. The van der Waals surface area contributed by atoms with Crippen molar-refractivity contribution in [3.05, 3.63) is 65.7 Å². The largest absolute Gasteiger partial charge is 0.421 e. The van der Waals surface area contributed by atoms with Gasteiger partial charge in [-0.15, -0.1) is 0 Å². The highest BCUT2D eigenvalue weighted by molar-refractivity contribution is 6.28. The van der Waals surface area contributed by atoms with Gasteiger partial charge in [0, 0.05) is 18.0 Å². The molecule has 0 spiro atoms. The van der Waals surface area contributed by atoms with Crippen molar-refractivity contribution in [3.8, 4) is 11.1 Å². The molecule has 0 aliphatic carbocycles. The van der Waals surface area contributed by atoms with E-state index in [9.17, 15) is 13.2 Å². The smallest absolute Gasteiger partial charge is 0.324 e. The van der Waals surface area contributed by atoms with E-state index in [1.165, 1.54) is 0 Å². The number of rotatable bonds is 3. The first-order valence-corrected chi connectivity index (χ1v) is 7.19. The first kappa shape index (κ1) is 16.2. The first-order valence-electron chi connectivity index (χ1n) is 6.82. The third-order valence-corrected chi connectivity index (χ3v) is 3.36. The summed E-state index contributed by atoms with van der Waals surface area (Å²) in [7, 11) is 0. The molecular formula is C16H10ClF3N4. The molecule has 0 amide bonds. The molecule has 2 heterocycles. The third-order valence-electron chi connectivity index (χ3n) is 3.18. The van der Waals surface area contributed by atoms with Crippen molar-refractivity contribution in [2.45, 2.75) is 6.18 Å². The summed E-state index contributed by atoms with van der Waals surface area (Å²) < 4.78 is 39.0. The average Bonchev–Trinajstić information content (AvgIpc) is 2.55. The second-order valence-corrected chi connectivity index (χ2v) is 5.16. The summed E-state index contributed by atoms with van der Waals surface area (Å²) in [5.41, 5.74) is 0.788. The molecule has 122 valence electrons. The normalized spacial score (nSPS) is 11.3. The number of halogens is 4. The van der Waals surface area contributed by atoms with Gasteiger partial charge in [-0.3, -0.25) is 0 Å². The number of hydrogen-bond acceptors (Lipinski definition) is 4. The van der Waals surface area contributed by atoms with Gasteiger partial charge in [0.15, 0.2) is 0 Å². The minimum absolute atomic E-state index is 0.218. The van der Waals surface area contributed by atoms with Gasteiger partial charge in [-0.05, 0) is 29.3 Å². The van der Waals surface area contributed by atoms with Gasteiger partial charge in [-0.2, -0.15) is 18.2 Å². The lowest BCUT2D eigenvalue weighted by atomic mass is 10.1. The molecule has 0 aliphatic heterocycles. The van der Waals surface area contributed by atoms with E-state index in [1.807, 2.05) is 30.3 Å². The lowest BCUT2D eigenvalue weighted by molar-refractivity contribution is -0.137. The van der Waals surface area contributed by atoms with Crippen LogP contribution in [0.3, 0.4) is 0 Å². The number of nitrogens with zero attached hydrogens (tertiary/aromatic N) is 3. The average molecular weight is 351 g/mol. The summed E-state index contributed by atoms with van der Waals surface area (Å²) >= 11 is 5.59. The Balaban J connectivity index is 1.88. The molecule has 0 aliphatic rings. The molecule has 1 N–H and O–H groups in total. The number of pyridine rings is 1. The van der Waals surface area contributed by atoms with Crippen molar-refractivity contribution in [2.75, 3.05) is 5.32 Å². The van der Waals surface area contributed by atoms with Crippen molar-refractivity contribution in [1.29, 1.82) is 0 Å². The summed E-state index contributed by atoms with van der Waals surface area (Å²) in [6, 6.07) is 12.8. The van der Waals surface area contributed by atoms with Crippen LogP contribution in [0.1, 0.15) is 5.56 Å². The second-order valence-electron chi connectivity index (χ2n) is 4.82. The van der Waals surface area contributed by atoms with E-state index in [0.29, 0.717) is 6.20 Å². The Morgan fingerprint density at radius 1 is 0.875 bits per heavy atom. The summed E-state index contributed by atoms with van der Waals surface area (Å²) in [5.74, 6) is -0.225. The number of benzene rings is 1. The maximum Gasteiger partial charge on any atom is 0.421 e. The maximum atomic E-state index is 13.0. The lowest BCUT2D eigenvalue weighted by Gasteiger charge is -2.13. The van der Waals surface area contributed by atoms with Crippen LogP contribution in [-0.4, -0.2) is 15.0 Å². The molecule has 0 unspecified atom stereocenters. The van der Waals surface area contributed by atoms with Crippen molar-refractivity contribution >= 4 is 23.2 Å². The number of alkyl halides is 3. The van der Waals surface area contributed by atoms with Crippen molar-refractivity contribution in [3.63, 3.8) is 0 Å². The van der Waals surface area contributed by atoms with Crippen LogP contribution in [0.25, 0.3) is 11.1 Å². The van der Waals surface area contributed by atoms with Gasteiger partial charge >= 0.3 is 6.18 Å². The fourth-order valence-electron chi connectivity index (χ4n) is 2.05. The minimum Gasteiger partial charge on any atom is -0.324 e. The standard InChI is InChI=1S/C16H10ClF3N4/c17-15-22-9-12(16(18,19)20)14(24-15)23-13-7-6-11(8-21-13)10-4-2-1-3-5-10/h1-9H,(H,21,22,23,24). The molecule has 0 radical (unpaired) electrons. The van der Waals surface area contributed by atoms with Gasteiger partial charge in [0.05, 0.1) is 0 Å². The Labute approximate surface area is 140 Å². The van der Waals surface area contributed by atoms with E-state index in [2.05, 4.69) is 20.3 Å². The van der Waals surface area contributed by atoms with Gasteiger partial charge in [0.1, 0.15) is 17.2 Å². The molecular weight excluding hydrogens is 341 g/mol. The quantitative estimate of drug-likeness (QED) is 0.679. The zero-order valence-corrected chi connectivity index (χ0v) is 12.8. The van der Waals surface area contributed by atoms with Gasteiger partial charge in [0.25, 0.3) is 0 Å². The van der Waals surface area contributed by atoms with Crippen LogP contribution in [0, 0.1) is 0 Å². The molecule has 0 bridgehead atoms. The lowest BCUT2D eigenvalue weighted by Crippen LogP contribution is -2.11. The second kappa shape index (κ2) is 6.45. The predicted molar refractivity (Wildman–Crippen MR) is 85.0 cm³/mol. The Morgan fingerprint density at radius 2 is 1.62 bits per heavy atom. The fraction of sp³-hybridized carbons (Fsp3) is 0.0625. The molecule has 2 aromatic heterocycles. The van der Waals surface area contributed by atoms with E-state index in [4.69, 9.17) is 11.6 Å². The van der Waals surface area contributed by atoms with Crippen molar-refractivity contribution in [1.82, 2.24) is 15.0 Å². The summed E-state index contributed by atoms with van der Waals surface area (Å²) in [4.78, 5) is 11.1. The molecule has 8 heteroatoms. The van der Waals surface area contributed by atoms with Crippen LogP contribution in [-0.2, 0) is 6.18 Å². The number of aromatic nitrogens is 3. The molecule has 1 aromatic carbocycles. The Hall–Kier alpha value is -2.67. The predicted octanol–water partition coefficient (Wildman–Crippen LogP) is 4.95. The van der Waals surface area contributed by atoms with Crippen LogP contribution in [0.5, 0.6) is 0 Å². The van der Waals surface area contributed by atoms with E-state index in [0.717, 1.165) is 11.1 Å². The van der Waals surface area contributed by atoms with Crippen LogP contribution in [0.15, 0.2) is 54.9 Å². The SMILES string of the molecule is FC(F)(F)c1cnc(Cl)nc1Nc1ccc(-c2ccccc2)cn1. The van der Waals surface area contributed by atoms with Crippen LogP contribution >= 0.6 is 11.6 Å². The first-order chi connectivity index (χ1) is 11.4. The molecule has 0 saturated heterocycles. The van der Waals surface area contributed by atoms with E-state index < -0.39 is 17.6 Å².